The third kappa shape index (κ3) is 3.34. The molecule has 0 bridgehead atoms. The van der Waals surface area contributed by atoms with Crippen molar-refractivity contribution in [1.29, 1.82) is 0 Å². The van der Waals surface area contributed by atoms with Crippen molar-refractivity contribution >= 4 is 5.97 Å². The van der Waals surface area contributed by atoms with E-state index in [0.717, 1.165) is 12.8 Å². The minimum absolute atomic E-state index is 0.0167. The summed E-state index contributed by atoms with van der Waals surface area (Å²) in [5.74, 6) is 1.01. The van der Waals surface area contributed by atoms with Crippen molar-refractivity contribution in [3.05, 3.63) is 35.9 Å². The molecule has 2 heteroatoms. The summed E-state index contributed by atoms with van der Waals surface area (Å²) in [5.41, 5.74) is 1.26. The summed E-state index contributed by atoms with van der Waals surface area (Å²) in [6, 6.07) is 10.2. The van der Waals surface area contributed by atoms with E-state index in [1.807, 2.05) is 25.1 Å². The molecule has 18 heavy (non-hydrogen) atoms. The molecule has 0 spiro atoms. The molecule has 0 N–H and O–H groups in total. The first-order valence-electron chi connectivity index (χ1n) is 6.83. The van der Waals surface area contributed by atoms with E-state index in [4.69, 9.17) is 4.74 Å². The predicted molar refractivity (Wildman–Crippen MR) is 72.3 cm³/mol. The highest BCUT2D eigenvalue weighted by atomic mass is 16.5. The van der Waals surface area contributed by atoms with Gasteiger partial charge in [-0.2, -0.15) is 0 Å². The first-order valence-corrected chi connectivity index (χ1v) is 6.83. The lowest BCUT2D eigenvalue weighted by atomic mass is 10.1. The monoisotopic (exact) mass is 246 g/mol. The van der Waals surface area contributed by atoms with E-state index in [1.165, 1.54) is 5.56 Å². The Labute approximate surface area is 109 Å². The minimum atomic E-state index is -0.0167. The van der Waals surface area contributed by atoms with Crippen LogP contribution >= 0.6 is 0 Å². The molecule has 1 aromatic rings. The van der Waals surface area contributed by atoms with Gasteiger partial charge < -0.3 is 4.74 Å². The van der Waals surface area contributed by atoms with E-state index < -0.39 is 0 Å². The molecule has 1 saturated carbocycles. The predicted octanol–water partition coefficient (Wildman–Crippen LogP) is 3.77. The zero-order chi connectivity index (χ0) is 13.1. The fourth-order valence-corrected chi connectivity index (χ4v) is 2.52. The number of benzene rings is 1. The van der Waals surface area contributed by atoms with E-state index in [0.29, 0.717) is 11.8 Å². The Morgan fingerprint density at radius 2 is 1.94 bits per heavy atom. The van der Waals surface area contributed by atoms with Crippen LogP contribution in [0, 0.1) is 11.8 Å². The number of hydrogen-bond acceptors (Lipinski definition) is 2. The Balaban J connectivity index is 1.83. The maximum Gasteiger partial charge on any atom is 0.309 e. The smallest absolute Gasteiger partial charge is 0.309 e. The number of rotatable bonds is 5. The standard InChI is InChI=1S/C16H22O2/c1-11(2)9-12(3)18-16(17)15-10-14(15)13-7-5-4-6-8-13/h4-8,11-12,14-15H,9-10H2,1-3H3. The highest BCUT2D eigenvalue weighted by molar-refractivity contribution is 5.77. The Morgan fingerprint density at radius 1 is 1.28 bits per heavy atom. The summed E-state index contributed by atoms with van der Waals surface area (Å²) in [4.78, 5) is 12.0. The summed E-state index contributed by atoms with van der Waals surface area (Å²) < 4.78 is 5.50. The van der Waals surface area contributed by atoms with Gasteiger partial charge in [0, 0.05) is 0 Å². The number of carbonyl (C=O) groups excluding carboxylic acids is 1. The van der Waals surface area contributed by atoms with Crippen LogP contribution in [0.15, 0.2) is 30.3 Å². The second kappa shape index (κ2) is 5.55. The van der Waals surface area contributed by atoms with Crippen LogP contribution in [0.4, 0.5) is 0 Å². The van der Waals surface area contributed by atoms with Crippen LogP contribution in [0.3, 0.4) is 0 Å². The average Bonchev–Trinajstić information content (AvgIpc) is 3.08. The molecule has 0 amide bonds. The summed E-state index contributed by atoms with van der Waals surface area (Å²) in [6.07, 6.45) is 1.92. The molecule has 0 heterocycles. The van der Waals surface area contributed by atoms with Crippen molar-refractivity contribution in [3.63, 3.8) is 0 Å². The molecule has 3 unspecified atom stereocenters. The third-order valence-electron chi connectivity index (χ3n) is 3.44. The van der Waals surface area contributed by atoms with Gasteiger partial charge in [0.2, 0.25) is 0 Å². The molecule has 1 fully saturated rings. The molecule has 98 valence electrons. The molecule has 0 radical (unpaired) electrons. The second-order valence-electron chi connectivity index (χ2n) is 5.74. The van der Waals surface area contributed by atoms with Crippen LogP contribution in [-0.2, 0) is 9.53 Å². The van der Waals surface area contributed by atoms with Gasteiger partial charge in [-0.15, -0.1) is 0 Å². The third-order valence-corrected chi connectivity index (χ3v) is 3.44. The van der Waals surface area contributed by atoms with Crippen molar-refractivity contribution in [2.75, 3.05) is 0 Å². The minimum Gasteiger partial charge on any atom is -0.462 e. The Kier molecular flexibility index (Phi) is 4.05. The van der Waals surface area contributed by atoms with Gasteiger partial charge in [-0.1, -0.05) is 44.2 Å². The van der Waals surface area contributed by atoms with Crippen LogP contribution in [0.1, 0.15) is 45.1 Å². The second-order valence-corrected chi connectivity index (χ2v) is 5.74. The Bertz CT molecular complexity index is 397. The number of carbonyl (C=O) groups is 1. The van der Waals surface area contributed by atoms with Gasteiger partial charge in [0.05, 0.1) is 12.0 Å². The van der Waals surface area contributed by atoms with Gasteiger partial charge in [0.1, 0.15) is 0 Å². The molecule has 1 aliphatic carbocycles. The Hall–Kier alpha value is -1.31. The zero-order valence-corrected chi connectivity index (χ0v) is 11.4. The lowest BCUT2D eigenvalue weighted by Crippen LogP contribution is -2.18. The van der Waals surface area contributed by atoms with E-state index in [1.54, 1.807) is 0 Å². The first kappa shape index (κ1) is 13.1. The molecule has 2 rings (SSSR count). The van der Waals surface area contributed by atoms with Crippen LogP contribution in [0.5, 0.6) is 0 Å². The highest BCUT2D eigenvalue weighted by Crippen LogP contribution is 2.48. The molecular formula is C16H22O2. The van der Waals surface area contributed by atoms with Crippen molar-refractivity contribution in [3.8, 4) is 0 Å². The average molecular weight is 246 g/mol. The van der Waals surface area contributed by atoms with E-state index in [2.05, 4.69) is 26.0 Å². The maximum absolute atomic E-state index is 12.0. The molecule has 3 atom stereocenters. The summed E-state index contributed by atoms with van der Waals surface area (Å²) >= 11 is 0. The van der Waals surface area contributed by atoms with Crippen LogP contribution in [-0.4, -0.2) is 12.1 Å². The normalized spacial score (nSPS) is 23.8. The van der Waals surface area contributed by atoms with E-state index in [9.17, 15) is 4.79 Å². The summed E-state index contributed by atoms with van der Waals surface area (Å²) in [7, 11) is 0. The van der Waals surface area contributed by atoms with Gasteiger partial charge in [-0.3, -0.25) is 4.79 Å². The molecule has 2 nitrogen and oxygen atoms in total. The van der Waals surface area contributed by atoms with Crippen molar-refractivity contribution < 1.29 is 9.53 Å². The van der Waals surface area contributed by atoms with Gasteiger partial charge in [-0.05, 0) is 37.2 Å². The van der Waals surface area contributed by atoms with Gasteiger partial charge >= 0.3 is 5.97 Å². The highest BCUT2D eigenvalue weighted by Gasteiger charge is 2.45. The zero-order valence-electron chi connectivity index (χ0n) is 11.4. The molecule has 1 aliphatic rings. The van der Waals surface area contributed by atoms with Gasteiger partial charge in [0.25, 0.3) is 0 Å². The quantitative estimate of drug-likeness (QED) is 0.739. The molecular weight excluding hydrogens is 224 g/mol. The van der Waals surface area contributed by atoms with Crippen molar-refractivity contribution in [2.45, 2.75) is 45.6 Å². The molecule has 0 aromatic heterocycles. The van der Waals surface area contributed by atoms with Crippen molar-refractivity contribution in [2.24, 2.45) is 11.8 Å². The van der Waals surface area contributed by atoms with Crippen LogP contribution in [0.2, 0.25) is 0 Å². The van der Waals surface area contributed by atoms with Crippen molar-refractivity contribution in [1.82, 2.24) is 0 Å². The maximum atomic E-state index is 12.0. The van der Waals surface area contributed by atoms with E-state index in [-0.39, 0.29) is 18.0 Å². The fraction of sp³-hybridized carbons (Fsp3) is 0.562. The van der Waals surface area contributed by atoms with Gasteiger partial charge in [-0.25, -0.2) is 0 Å². The molecule has 0 saturated heterocycles. The SMILES string of the molecule is CC(C)CC(C)OC(=O)C1CC1c1ccccc1. The number of hydrogen-bond donors (Lipinski definition) is 0. The number of esters is 1. The summed E-state index contributed by atoms with van der Waals surface area (Å²) in [5, 5.41) is 0. The molecule has 1 aromatic carbocycles. The lowest BCUT2D eigenvalue weighted by Gasteiger charge is -2.15. The topological polar surface area (TPSA) is 26.3 Å². The number of ether oxygens (including phenoxy) is 1. The first-order chi connectivity index (χ1) is 8.58. The van der Waals surface area contributed by atoms with E-state index >= 15 is 0 Å². The van der Waals surface area contributed by atoms with Crippen LogP contribution < -0.4 is 0 Å². The summed E-state index contributed by atoms with van der Waals surface area (Å²) in [6.45, 7) is 6.28. The van der Waals surface area contributed by atoms with Crippen LogP contribution in [0.25, 0.3) is 0 Å². The Morgan fingerprint density at radius 3 is 2.56 bits per heavy atom. The molecule has 0 aliphatic heterocycles. The van der Waals surface area contributed by atoms with Gasteiger partial charge in [0.15, 0.2) is 0 Å². The fourth-order valence-electron chi connectivity index (χ4n) is 2.52. The largest absolute Gasteiger partial charge is 0.462 e. The lowest BCUT2D eigenvalue weighted by molar-refractivity contribution is -0.150.